The fourth-order valence-electron chi connectivity index (χ4n) is 4.58. The third kappa shape index (κ3) is 4.24. The molecule has 4 rings (SSSR count). The lowest BCUT2D eigenvalue weighted by atomic mass is 9.92. The lowest BCUT2D eigenvalue weighted by Crippen LogP contribution is -2.44. The van der Waals surface area contributed by atoms with Crippen LogP contribution in [-0.4, -0.2) is 41.9 Å². The normalized spacial score (nSPS) is 19.5. The Morgan fingerprint density at radius 1 is 0.963 bits per heavy atom. The van der Waals surface area contributed by atoms with Gasteiger partial charge in [0, 0.05) is 25.6 Å². The number of hydrogen-bond donors (Lipinski definition) is 0. The van der Waals surface area contributed by atoms with Crippen molar-refractivity contribution in [1.82, 2.24) is 9.80 Å². The first-order chi connectivity index (χ1) is 13.2. The number of likely N-dealkylation sites (tertiary alicyclic amines) is 1. The molecule has 1 fully saturated rings. The minimum Gasteiger partial charge on any atom is -0.338 e. The van der Waals surface area contributed by atoms with Gasteiger partial charge in [0.25, 0.3) is 0 Å². The molecule has 3 nitrogen and oxygen atoms in total. The van der Waals surface area contributed by atoms with Gasteiger partial charge in [-0.2, -0.15) is 0 Å². The lowest BCUT2D eigenvalue weighted by Gasteiger charge is -2.37. The van der Waals surface area contributed by atoms with Crippen LogP contribution in [0.2, 0.25) is 0 Å². The molecular formula is C24H30N2O. The van der Waals surface area contributed by atoms with Crippen LogP contribution in [0, 0.1) is 5.92 Å². The second-order valence-electron chi connectivity index (χ2n) is 8.17. The van der Waals surface area contributed by atoms with Gasteiger partial charge in [0.2, 0.25) is 5.91 Å². The first-order valence-corrected chi connectivity index (χ1v) is 10.3. The highest BCUT2D eigenvalue weighted by molar-refractivity contribution is 5.79. The van der Waals surface area contributed by atoms with Gasteiger partial charge in [-0.25, -0.2) is 0 Å². The Hall–Kier alpha value is -2.13. The van der Waals surface area contributed by atoms with Crippen LogP contribution in [0.1, 0.15) is 42.4 Å². The molecule has 0 bridgehead atoms. The van der Waals surface area contributed by atoms with Crippen molar-refractivity contribution < 1.29 is 4.79 Å². The minimum absolute atomic E-state index is 0.207. The molecule has 1 atom stereocenters. The highest BCUT2D eigenvalue weighted by Gasteiger charge is 2.30. The van der Waals surface area contributed by atoms with Crippen LogP contribution < -0.4 is 0 Å². The van der Waals surface area contributed by atoms with E-state index in [1.807, 2.05) is 0 Å². The first kappa shape index (κ1) is 18.2. The van der Waals surface area contributed by atoms with Crippen molar-refractivity contribution in [2.45, 2.75) is 38.6 Å². The zero-order valence-corrected chi connectivity index (χ0v) is 16.3. The summed E-state index contributed by atoms with van der Waals surface area (Å²) in [6.07, 6.45) is 2.99. The van der Waals surface area contributed by atoms with Crippen LogP contribution >= 0.6 is 0 Å². The number of carbonyl (C=O) groups excluding carboxylic acids is 1. The summed E-state index contributed by atoms with van der Waals surface area (Å²) in [5.74, 6) is 1.12. The van der Waals surface area contributed by atoms with E-state index in [1.54, 1.807) is 0 Å². The Bertz CT molecular complexity index is 765. The molecule has 2 aliphatic rings. The van der Waals surface area contributed by atoms with E-state index >= 15 is 0 Å². The molecule has 1 amide bonds. The Kier molecular flexibility index (Phi) is 5.58. The molecule has 3 heteroatoms. The van der Waals surface area contributed by atoms with E-state index < -0.39 is 0 Å². The van der Waals surface area contributed by atoms with Gasteiger partial charge in [-0.1, -0.05) is 61.5 Å². The van der Waals surface area contributed by atoms with E-state index in [2.05, 4.69) is 71.3 Å². The molecule has 2 aromatic carbocycles. The quantitative estimate of drug-likeness (QED) is 0.818. The van der Waals surface area contributed by atoms with Gasteiger partial charge < -0.3 is 9.80 Å². The van der Waals surface area contributed by atoms with E-state index in [1.165, 1.54) is 16.7 Å². The summed E-state index contributed by atoms with van der Waals surface area (Å²) in [6, 6.07) is 19.3. The van der Waals surface area contributed by atoms with Gasteiger partial charge in [0.05, 0.1) is 0 Å². The Morgan fingerprint density at radius 2 is 1.63 bits per heavy atom. The van der Waals surface area contributed by atoms with Crippen molar-refractivity contribution in [3.63, 3.8) is 0 Å². The third-order valence-corrected chi connectivity index (χ3v) is 6.28. The molecule has 1 saturated heterocycles. The van der Waals surface area contributed by atoms with Crippen LogP contribution in [-0.2, 0) is 17.8 Å². The highest BCUT2D eigenvalue weighted by atomic mass is 16.2. The van der Waals surface area contributed by atoms with Crippen LogP contribution in [0.4, 0.5) is 0 Å². The molecule has 0 unspecified atom stereocenters. The van der Waals surface area contributed by atoms with Crippen molar-refractivity contribution in [2.24, 2.45) is 5.92 Å². The SMILES string of the molecule is C[C@@H](CN1CCC(C(=O)N2CCc3ccccc3C2)CC1)c1ccccc1. The third-order valence-electron chi connectivity index (χ3n) is 6.28. The first-order valence-electron chi connectivity index (χ1n) is 10.3. The van der Waals surface area contributed by atoms with Gasteiger partial charge in [0.1, 0.15) is 0 Å². The number of rotatable bonds is 4. The van der Waals surface area contributed by atoms with E-state index in [-0.39, 0.29) is 5.92 Å². The van der Waals surface area contributed by atoms with E-state index in [0.717, 1.165) is 52.0 Å². The maximum absolute atomic E-state index is 13.0. The Balaban J connectivity index is 1.28. The molecule has 142 valence electrons. The second kappa shape index (κ2) is 8.26. The zero-order valence-electron chi connectivity index (χ0n) is 16.3. The average molecular weight is 363 g/mol. The summed E-state index contributed by atoms with van der Waals surface area (Å²) in [4.78, 5) is 17.6. The minimum atomic E-state index is 0.207. The molecule has 2 heterocycles. The van der Waals surface area contributed by atoms with Crippen molar-refractivity contribution in [3.8, 4) is 0 Å². The number of carbonyl (C=O) groups is 1. The number of fused-ring (bicyclic) bond motifs is 1. The maximum atomic E-state index is 13.0. The zero-order chi connectivity index (χ0) is 18.6. The second-order valence-corrected chi connectivity index (χ2v) is 8.17. The number of nitrogens with zero attached hydrogens (tertiary/aromatic N) is 2. The van der Waals surface area contributed by atoms with Crippen molar-refractivity contribution in [1.29, 1.82) is 0 Å². The molecule has 2 aromatic rings. The molecule has 0 radical (unpaired) electrons. The summed E-state index contributed by atoms with van der Waals surface area (Å²) in [7, 11) is 0. The molecule has 27 heavy (non-hydrogen) atoms. The van der Waals surface area contributed by atoms with Crippen LogP contribution in [0.3, 0.4) is 0 Å². The predicted octanol–water partition coefficient (Wildman–Crippen LogP) is 4.09. The molecule has 0 saturated carbocycles. The van der Waals surface area contributed by atoms with Gasteiger partial charge in [-0.3, -0.25) is 4.79 Å². The smallest absolute Gasteiger partial charge is 0.226 e. The van der Waals surface area contributed by atoms with E-state index in [0.29, 0.717) is 11.8 Å². The molecule has 0 spiro atoms. The van der Waals surface area contributed by atoms with Crippen LogP contribution in [0.5, 0.6) is 0 Å². The number of benzene rings is 2. The van der Waals surface area contributed by atoms with Crippen molar-refractivity contribution in [3.05, 3.63) is 71.3 Å². The van der Waals surface area contributed by atoms with Crippen molar-refractivity contribution >= 4 is 5.91 Å². The summed E-state index contributed by atoms with van der Waals surface area (Å²) >= 11 is 0. The highest BCUT2D eigenvalue weighted by Crippen LogP contribution is 2.26. The molecule has 0 aromatic heterocycles. The molecule has 2 aliphatic heterocycles. The number of piperidine rings is 1. The summed E-state index contributed by atoms with van der Waals surface area (Å²) in [5, 5.41) is 0. The van der Waals surface area contributed by atoms with Gasteiger partial charge >= 0.3 is 0 Å². The van der Waals surface area contributed by atoms with Gasteiger partial charge in [0.15, 0.2) is 0 Å². The molecular weight excluding hydrogens is 332 g/mol. The van der Waals surface area contributed by atoms with Gasteiger partial charge in [-0.05, 0) is 55.0 Å². The number of hydrogen-bond acceptors (Lipinski definition) is 2. The monoisotopic (exact) mass is 362 g/mol. The predicted molar refractivity (Wildman–Crippen MR) is 110 cm³/mol. The standard InChI is InChI=1S/C24H30N2O/c1-19(20-7-3-2-4-8-20)17-25-14-11-22(12-15-25)24(27)26-16-13-21-9-5-6-10-23(21)18-26/h2-10,19,22H,11-18H2,1H3/t19-/m0/s1. The Labute approximate surface area is 163 Å². The fraction of sp³-hybridized carbons (Fsp3) is 0.458. The largest absolute Gasteiger partial charge is 0.338 e. The molecule has 0 aliphatic carbocycles. The van der Waals surface area contributed by atoms with E-state index in [4.69, 9.17) is 0 Å². The summed E-state index contributed by atoms with van der Waals surface area (Å²) in [6.45, 7) is 7.14. The van der Waals surface area contributed by atoms with Crippen LogP contribution in [0.15, 0.2) is 54.6 Å². The van der Waals surface area contributed by atoms with Crippen LogP contribution in [0.25, 0.3) is 0 Å². The topological polar surface area (TPSA) is 23.6 Å². The number of amides is 1. The Morgan fingerprint density at radius 3 is 2.37 bits per heavy atom. The van der Waals surface area contributed by atoms with Crippen molar-refractivity contribution in [2.75, 3.05) is 26.2 Å². The fourth-order valence-corrected chi connectivity index (χ4v) is 4.58. The van der Waals surface area contributed by atoms with Gasteiger partial charge in [-0.15, -0.1) is 0 Å². The summed E-state index contributed by atoms with van der Waals surface area (Å²) in [5.41, 5.74) is 4.14. The average Bonchev–Trinajstić information content (AvgIpc) is 2.74. The van der Waals surface area contributed by atoms with E-state index in [9.17, 15) is 4.79 Å². The summed E-state index contributed by atoms with van der Waals surface area (Å²) < 4.78 is 0. The molecule has 0 N–H and O–H groups in total. The maximum Gasteiger partial charge on any atom is 0.226 e. The lowest BCUT2D eigenvalue weighted by molar-refractivity contribution is -0.138.